The van der Waals surface area contributed by atoms with E-state index in [0.717, 1.165) is 0 Å². The number of sulfonamides is 1. The molecule has 0 unspecified atom stereocenters. The first-order valence-corrected chi connectivity index (χ1v) is 10.1. The van der Waals surface area contributed by atoms with Gasteiger partial charge < -0.3 is 14.8 Å². The third kappa shape index (κ3) is 5.62. The highest BCUT2D eigenvalue weighted by Gasteiger charge is 2.16. The molecule has 0 bridgehead atoms. The molecule has 0 aromatic heterocycles. The van der Waals surface area contributed by atoms with Gasteiger partial charge in [0.1, 0.15) is 18.1 Å². The number of amides is 1. The quantitative estimate of drug-likeness (QED) is 0.662. The number of ether oxygens (including phenoxy) is 2. The fourth-order valence-electron chi connectivity index (χ4n) is 2.30. The molecule has 0 aliphatic heterocycles. The third-order valence-corrected chi connectivity index (χ3v) is 5.75. The molecule has 2 aromatic rings. The van der Waals surface area contributed by atoms with E-state index in [2.05, 4.69) is 5.32 Å². The van der Waals surface area contributed by atoms with Crippen molar-refractivity contribution in [3.63, 3.8) is 0 Å². The van der Waals surface area contributed by atoms with Crippen molar-refractivity contribution in [3.05, 3.63) is 54.1 Å². The minimum atomic E-state index is -3.33. The second kappa shape index (κ2) is 9.27. The number of nitrogens with one attached hydrogen (secondary N) is 1. The maximum Gasteiger partial charge on any atom is 0.251 e. The summed E-state index contributed by atoms with van der Waals surface area (Å²) in [4.78, 5) is 12.2. The van der Waals surface area contributed by atoms with E-state index in [1.165, 1.54) is 11.4 Å². The predicted molar refractivity (Wildman–Crippen MR) is 105 cm³/mol. The summed E-state index contributed by atoms with van der Waals surface area (Å²) < 4.78 is 35.6. The van der Waals surface area contributed by atoms with Gasteiger partial charge in [0.15, 0.2) is 0 Å². The van der Waals surface area contributed by atoms with E-state index in [-0.39, 0.29) is 11.7 Å². The average Bonchev–Trinajstić information content (AvgIpc) is 2.70. The minimum Gasteiger partial charge on any atom is -0.497 e. The van der Waals surface area contributed by atoms with Crippen LogP contribution in [0.15, 0.2) is 48.5 Å². The molecule has 0 fully saturated rings. The smallest absolute Gasteiger partial charge is 0.251 e. The lowest BCUT2D eigenvalue weighted by Gasteiger charge is -2.18. The van der Waals surface area contributed by atoms with Crippen LogP contribution in [0.1, 0.15) is 17.3 Å². The summed E-state index contributed by atoms with van der Waals surface area (Å²) in [5, 5.41) is 2.76. The number of rotatable bonds is 9. The maximum absolute atomic E-state index is 12.2. The van der Waals surface area contributed by atoms with Crippen LogP contribution in [0.3, 0.4) is 0 Å². The molecule has 0 spiro atoms. The Morgan fingerprint density at radius 1 is 1.11 bits per heavy atom. The van der Waals surface area contributed by atoms with Crippen LogP contribution in [-0.2, 0) is 10.0 Å². The van der Waals surface area contributed by atoms with Crippen molar-refractivity contribution in [1.82, 2.24) is 5.32 Å². The molecule has 0 saturated carbocycles. The zero-order chi connectivity index (χ0) is 19.9. The van der Waals surface area contributed by atoms with E-state index in [1.807, 2.05) is 18.2 Å². The second-order valence-electron chi connectivity index (χ2n) is 5.70. The first-order valence-electron chi connectivity index (χ1n) is 8.49. The molecule has 2 aromatic carbocycles. The Morgan fingerprint density at radius 3 is 2.41 bits per heavy atom. The molecular formula is C19H24N2O5S. The van der Waals surface area contributed by atoms with Gasteiger partial charge >= 0.3 is 0 Å². The summed E-state index contributed by atoms with van der Waals surface area (Å²) in [7, 11) is -0.253. The molecule has 7 nitrogen and oxygen atoms in total. The van der Waals surface area contributed by atoms with Crippen LogP contribution in [-0.4, -0.2) is 47.4 Å². The van der Waals surface area contributed by atoms with Crippen LogP contribution in [0.4, 0.5) is 5.69 Å². The Morgan fingerprint density at radius 2 is 1.78 bits per heavy atom. The van der Waals surface area contributed by atoms with Gasteiger partial charge in [0.25, 0.3) is 5.91 Å². The van der Waals surface area contributed by atoms with Crippen LogP contribution in [0.2, 0.25) is 0 Å². The highest BCUT2D eigenvalue weighted by Crippen LogP contribution is 2.19. The van der Waals surface area contributed by atoms with Gasteiger partial charge in [0, 0.05) is 18.7 Å². The van der Waals surface area contributed by atoms with Crippen molar-refractivity contribution in [2.75, 3.05) is 37.4 Å². The Balaban J connectivity index is 1.85. The fourth-order valence-corrected chi connectivity index (χ4v) is 3.13. The number of anilines is 1. The summed E-state index contributed by atoms with van der Waals surface area (Å²) >= 11 is 0. The molecule has 0 saturated heterocycles. The molecule has 1 N–H and O–H groups in total. The molecule has 27 heavy (non-hydrogen) atoms. The summed E-state index contributed by atoms with van der Waals surface area (Å²) in [6.07, 6.45) is 0. The van der Waals surface area contributed by atoms with Crippen molar-refractivity contribution in [3.8, 4) is 11.5 Å². The molecule has 0 heterocycles. The lowest BCUT2D eigenvalue weighted by atomic mass is 10.2. The Hall–Kier alpha value is -2.74. The third-order valence-electron chi connectivity index (χ3n) is 3.97. The SMILES string of the molecule is CCS(=O)(=O)N(C)c1ccc(C(=O)NCCOc2cccc(OC)c2)cc1. The van der Waals surface area contributed by atoms with Gasteiger partial charge in [-0.25, -0.2) is 8.42 Å². The molecule has 8 heteroatoms. The van der Waals surface area contributed by atoms with Crippen LogP contribution in [0, 0.1) is 0 Å². The Kier molecular flexibility index (Phi) is 7.06. The molecule has 2 rings (SSSR count). The van der Waals surface area contributed by atoms with Crippen molar-refractivity contribution < 1.29 is 22.7 Å². The van der Waals surface area contributed by atoms with Gasteiger partial charge in [-0.2, -0.15) is 0 Å². The van der Waals surface area contributed by atoms with Gasteiger partial charge in [0.2, 0.25) is 10.0 Å². The number of benzene rings is 2. The summed E-state index contributed by atoms with van der Waals surface area (Å²) in [6.45, 7) is 2.23. The molecule has 0 atom stereocenters. The normalized spacial score (nSPS) is 10.9. The molecule has 1 amide bonds. The maximum atomic E-state index is 12.2. The molecule has 0 aliphatic carbocycles. The van der Waals surface area contributed by atoms with Gasteiger partial charge in [-0.05, 0) is 43.3 Å². The van der Waals surface area contributed by atoms with Gasteiger partial charge in [-0.1, -0.05) is 6.07 Å². The number of hydrogen-bond acceptors (Lipinski definition) is 5. The highest BCUT2D eigenvalue weighted by atomic mass is 32.2. The van der Waals surface area contributed by atoms with Crippen LogP contribution >= 0.6 is 0 Å². The minimum absolute atomic E-state index is 0.0129. The van der Waals surface area contributed by atoms with Crippen LogP contribution < -0.4 is 19.1 Å². The first kappa shape index (κ1) is 20.6. The van der Waals surface area contributed by atoms with Crippen molar-refractivity contribution >= 4 is 21.6 Å². The van der Waals surface area contributed by atoms with Gasteiger partial charge in [0.05, 0.1) is 25.1 Å². The van der Waals surface area contributed by atoms with Crippen molar-refractivity contribution in [2.24, 2.45) is 0 Å². The summed E-state index contributed by atoms with van der Waals surface area (Å²) in [6, 6.07) is 13.6. The van der Waals surface area contributed by atoms with E-state index in [4.69, 9.17) is 9.47 Å². The Labute approximate surface area is 160 Å². The van der Waals surface area contributed by atoms with Crippen molar-refractivity contribution in [2.45, 2.75) is 6.92 Å². The highest BCUT2D eigenvalue weighted by molar-refractivity contribution is 7.92. The van der Waals surface area contributed by atoms with E-state index < -0.39 is 10.0 Å². The summed E-state index contributed by atoms with van der Waals surface area (Å²) in [5.74, 6) is 1.12. The largest absolute Gasteiger partial charge is 0.497 e. The van der Waals surface area contributed by atoms with Crippen molar-refractivity contribution in [1.29, 1.82) is 0 Å². The predicted octanol–water partition coefficient (Wildman–Crippen LogP) is 2.29. The number of carbonyl (C=O) groups is 1. The second-order valence-corrected chi connectivity index (χ2v) is 7.99. The van der Waals surface area contributed by atoms with E-state index in [0.29, 0.717) is 35.9 Å². The molecule has 0 radical (unpaired) electrons. The number of carbonyl (C=O) groups excluding carboxylic acids is 1. The summed E-state index contributed by atoms with van der Waals surface area (Å²) in [5.41, 5.74) is 0.956. The lowest BCUT2D eigenvalue weighted by Crippen LogP contribution is -2.29. The zero-order valence-electron chi connectivity index (χ0n) is 15.6. The zero-order valence-corrected chi connectivity index (χ0v) is 16.5. The standard InChI is InChI=1S/C19H24N2O5S/c1-4-27(23,24)21(2)16-10-8-15(9-11-16)19(22)20-12-13-26-18-7-5-6-17(14-18)25-3/h5-11,14H,4,12-13H2,1-3H3,(H,20,22). The lowest BCUT2D eigenvalue weighted by molar-refractivity contribution is 0.0947. The van der Waals surface area contributed by atoms with Gasteiger partial charge in [-0.15, -0.1) is 0 Å². The van der Waals surface area contributed by atoms with Gasteiger partial charge in [-0.3, -0.25) is 9.10 Å². The number of methoxy groups -OCH3 is 1. The fraction of sp³-hybridized carbons (Fsp3) is 0.316. The van der Waals surface area contributed by atoms with Crippen LogP contribution in [0.5, 0.6) is 11.5 Å². The monoisotopic (exact) mass is 392 g/mol. The van der Waals surface area contributed by atoms with E-state index >= 15 is 0 Å². The number of nitrogens with zero attached hydrogens (tertiary/aromatic N) is 1. The number of hydrogen-bond donors (Lipinski definition) is 1. The molecule has 0 aliphatic rings. The van der Waals surface area contributed by atoms with Crippen LogP contribution in [0.25, 0.3) is 0 Å². The topological polar surface area (TPSA) is 84.9 Å². The van der Waals surface area contributed by atoms with E-state index in [9.17, 15) is 13.2 Å². The first-order chi connectivity index (χ1) is 12.9. The molecule has 146 valence electrons. The van der Waals surface area contributed by atoms with E-state index in [1.54, 1.807) is 44.4 Å². The Bertz CT molecular complexity index is 866. The molecular weight excluding hydrogens is 368 g/mol. The average molecular weight is 392 g/mol.